The average molecular weight is 449 g/mol. The summed E-state index contributed by atoms with van der Waals surface area (Å²) < 4.78 is 0. The molecule has 2 aromatic carbocycles. The third-order valence-electron chi connectivity index (χ3n) is 6.92. The molecule has 1 fully saturated rings. The maximum Gasteiger partial charge on any atom is 0.254 e. The summed E-state index contributed by atoms with van der Waals surface area (Å²) in [5.41, 5.74) is 4.83. The number of rotatable bonds is 6. The highest BCUT2D eigenvalue weighted by Crippen LogP contribution is 2.32. The van der Waals surface area contributed by atoms with Gasteiger partial charge in [-0.2, -0.15) is 0 Å². The molecule has 2 aromatic rings. The van der Waals surface area contributed by atoms with E-state index in [-0.39, 0.29) is 29.2 Å². The predicted octanol–water partition coefficient (Wildman–Crippen LogP) is 6.65. The molecule has 4 heteroatoms. The average Bonchev–Trinajstić information content (AvgIpc) is 2.76. The number of likely N-dealkylation sites (tertiary alicyclic amines) is 1. The zero-order valence-corrected chi connectivity index (χ0v) is 21.2. The molecule has 1 heterocycles. The lowest BCUT2D eigenvalue weighted by Gasteiger charge is -2.41. The molecule has 0 bridgehead atoms. The molecule has 0 aromatic heterocycles. The standard InChI is InChI=1S/C29H40N2O2/c1-7-8-17-25-24(27(32)30-23-15-10-14-22(19-23)29(4,5)6)16-11-18-31(25)28(33)26-20(2)12-9-13-21(26)3/h9-10,12-15,19,24-25H,7-8,11,16-18H2,1-6H3,(H,30,32). The van der Waals surface area contributed by atoms with E-state index in [4.69, 9.17) is 0 Å². The number of nitrogens with one attached hydrogen (secondary N) is 1. The number of unbranched alkanes of at least 4 members (excludes halogenated alkanes) is 1. The molecular formula is C29H40N2O2. The normalized spacial score (nSPS) is 18.8. The fourth-order valence-electron chi connectivity index (χ4n) is 4.98. The number of benzene rings is 2. The number of carbonyl (C=O) groups is 2. The topological polar surface area (TPSA) is 49.4 Å². The fraction of sp³-hybridized carbons (Fsp3) is 0.517. The molecule has 2 atom stereocenters. The van der Waals surface area contributed by atoms with E-state index in [1.165, 1.54) is 5.56 Å². The highest BCUT2D eigenvalue weighted by atomic mass is 16.2. The van der Waals surface area contributed by atoms with E-state index in [2.05, 4.69) is 45.1 Å². The molecule has 33 heavy (non-hydrogen) atoms. The van der Waals surface area contributed by atoms with E-state index >= 15 is 0 Å². The van der Waals surface area contributed by atoms with Crippen molar-refractivity contribution in [3.63, 3.8) is 0 Å². The van der Waals surface area contributed by atoms with Crippen molar-refractivity contribution < 1.29 is 9.59 Å². The van der Waals surface area contributed by atoms with E-state index in [9.17, 15) is 9.59 Å². The molecule has 0 saturated carbocycles. The Morgan fingerprint density at radius 3 is 2.36 bits per heavy atom. The summed E-state index contributed by atoms with van der Waals surface area (Å²) in [6.45, 7) is 13.4. The molecule has 4 nitrogen and oxygen atoms in total. The van der Waals surface area contributed by atoms with Crippen molar-refractivity contribution in [3.05, 3.63) is 64.7 Å². The summed E-state index contributed by atoms with van der Waals surface area (Å²) in [5.74, 6) is -0.100. The van der Waals surface area contributed by atoms with Crippen LogP contribution >= 0.6 is 0 Å². The molecule has 2 amide bonds. The molecule has 0 spiro atoms. The van der Waals surface area contributed by atoms with Crippen LogP contribution in [0.15, 0.2) is 42.5 Å². The van der Waals surface area contributed by atoms with Gasteiger partial charge in [-0.15, -0.1) is 0 Å². The highest BCUT2D eigenvalue weighted by molar-refractivity contribution is 5.98. The van der Waals surface area contributed by atoms with Gasteiger partial charge in [0.1, 0.15) is 0 Å². The van der Waals surface area contributed by atoms with E-state index in [1.807, 2.05) is 49.1 Å². The van der Waals surface area contributed by atoms with Crippen LogP contribution in [0.4, 0.5) is 5.69 Å². The molecule has 1 aliphatic rings. The Hall–Kier alpha value is -2.62. The first-order valence-electron chi connectivity index (χ1n) is 12.4. The van der Waals surface area contributed by atoms with Gasteiger partial charge in [0.2, 0.25) is 5.91 Å². The van der Waals surface area contributed by atoms with E-state index in [0.29, 0.717) is 6.54 Å². The Morgan fingerprint density at radius 2 is 1.73 bits per heavy atom. The number of hydrogen-bond donors (Lipinski definition) is 1. The van der Waals surface area contributed by atoms with Crippen LogP contribution in [0.2, 0.25) is 0 Å². The van der Waals surface area contributed by atoms with Gasteiger partial charge < -0.3 is 10.2 Å². The van der Waals surface area contributed by atoms with Gasteiger partial charge in [-0.3, -0.25) is 9.59 Å². The van der Waals surface area contributed by atoms with Gasteiger partial charge >= 0.3 is 0 Å². The van der Waals surface area contributed by atoms with Crippen molar-refractivity contribution in [1.29, 1.82) is 0 Å². The Bertz CT molecular complexity index is 969. The van der Waals surface area contributed by atoms with E-state index < -0.39 is 0 Å². The minimum atomic E-state index is -0.197. The summed E-state index contributed by atoms with van der Waals surface area (Å²) in [5, 5.41) is 3.18. The quantitative estimate of drug-likeness (QED) is 0.538. The summed E-state index contributed by atoms with van der Waals surface area (Å²) in [6, 6.07) is 14.0. The van der Waals surface area contributed by atoms with Crippen LogP contribution in [-0.4, -0.2) is 29.3 Å². The number of anilines is 1. The number of nitrogens with zero attached hydrogens (tertiary/aromatic N) is 1. The third-order valence-corrected chi connectivity index (χ3v) is 6.92. The minimum Gasteiger partial charge on any atom is -0.335 e. The zero-order chi connectivity index (χ0) is 24.2. The van der Waals surface area contributed by atoms with Gasteiger partial charge in [-0.1, -0.05) is 70.9 Å². The SMILES string of the molecule is CCCCC1C(C(=O)Nc2cccc(C(C)(C)C)c2)CCCN1C(=O)c1c(C)cccc1C. The lowest BCUT2D eigenvalue weighted by atomic mass is 9.84. The van der Waals surface area contributed by atoms with Crippen molar-refractivity contribution in [1.82, 2.24) is 4.90 Å². The second-order valence-electron chi connectivity index (χ2n) is 10.5. The lowest BCUT2D eigenvalue weighted by molar-refractivity contribution is -0.123. The highest BCUT2D eigenvalue weighted by Gasteiger charge is 2.38. The predicted molar refractivity (Wildman–Crippen MR) is 137 cm³/mol. The largest absolute Gasteiger partial charge is 0.335 e. The lowest BCUT2D eigenvalue weighted by Crippen LogP contribution is -2.52. The van der Waals surface area contributed by atoms with Crippen molar-refractivity contribution >= 4 is 17.5 Å². The number of amides is 2. The number of piperidine rings is 1. The Kier molecular flexibility index (Phi) is 7.99. The molecule has 0 radical (unpaired) electrons. The summed E-state index contributed by atoms with van der Waals surface area (Å²) in [6.07, 6.45) is 4.57. The van der Waals surface area contributed by atoms with E-state index in [1.54, 1.807) is 0 Å². The summed E-state index contributed by atoms with van der Waals surface area (Å²) >= 11 is 0. The van der Waals surface area contributed by atoms with Crippen molar-refractivity contribution in [2.45, 2.75) is 85.1 Å². The first kappa shape index (κ1) is 25.0. The Labute approximate surface area is 199 Å². The van der Waals surface area contributed by atoms with Crippen LogP contribution in [-0.2, 0) is 10.2 Å². The van der Waals surface area contributed by atoms with Gasteiger partial charge in [-0.05, 0) is 67.3 Å². The van der Waals surface area contributed by atoms with Gasteiger partial charge in [-0.25, -0.2) is 0 Å². The molecule has 1 N–H and O–H groups in total. The summed E-state index contributed by atoms with van der Waals surface area (Å²) in [7, 11) is 0. The molecular weight excluding hydrogens is 408 g/mol. The first-order valence-corrected chi connectivity index (χ1v) is 12.4. The molecule has 178 valence electrons. The van der Waals surface area contributed by atoms with Crippen LogP contribution < -0.4 is 5.32 Å². The van der Waals surface area contributed by atoms with Crippen LogP contribution in [0, 0.1) is 19.8 Å². The smallest absolute Gasteiger partial charge is 0.254 e. The molecule has 3 rings (SSSR count). The number of hydrogen-bond acceptors (Lipinski definition) is 2. The second kappa shape index (κ2) is 10.5. The zero-order valence-electron chi connectivity index (χ0n) is 21.2. The maximum atomic E-state index is 13.7. The molecule has 2 unspecified atom stereocenters. The first-order chi connectivity index (χ1) is 15.6. The molecule has 0 aliphatic carbocycles. The summed E-state index contributed by atoms with van der Waals surface area (Å²) in [4.78, 5) is 29.2. The minimum absolute atomic E-state index is 0.0177. The van der Waals surface area contributed by atoms with E-state index in [0.717, 1.165) is 54.5 Å². The second-order valence-corrected chi connectivity index (χ2v) is 10.5. The maximum absolute atomic E-state index is 13.7. The van der Waals surface area contributed by atoms with Gasteiger partial charge in [0.15, 0.2) is 0 Å². The molecule has 1 saturated heterocycles. The number of carbonyl (C=O) groups excluding carboxylic acids is 2. The third kappa shape index (κ3) is 5.85. The van der Waals surface area contributed by atoms with Crippen molar-refractivity contribution in [2.75, 3.05) is 11.9 Å². The number of aryl methyl sites for hydroxylation is 2. The van der Waals surface area contributed by atoms with Gasteiger partial charge in [0, 0.05) is 23.8 Å². The fourth-order valence-corrected chi connectivity index (χ4v) is 4.98. The Balaban J connectivity index is 1.86. The molecule has 1 aliphatic heterocycles. The Morgan fingerprint density at radius 1 is 1.06 bits per heavy atom. The monoisotopic (exact) mass is 448 g/mol. The van der Waals surface area contributed by atoms with Crippen molar-refractivity contribution in [2.24, 2.45) is 5.92 Å². The van der Waals surface area contributed by atoms with Crippen LogP contribution in [0.5, 0.6) is 0 Å². The van der Waals surface area contributed by atoms with Gasteiger partial charge in [0.25, 0.3) is 5.91 Å². The van der Waals surface area contributed by atoms with Gasteiger partial charge in [0.05, 0.1) is 5.92 Å². The van der Waals surface area contributed by atoms with Crippen LogP contribution in [0.1, 0.15) is 86.8 Å². The van der Waals surface area contributed by atoms with Crippen molar-refractivity contribution in [3.8, 4) is 0 Å². The van der Waals surface area contributed by atoms with Crippen LogP contribution in [0.3, 0.4) is 0 Å². The van der Waals surface area contributed by atoms with Crippen LogP contribution in [0.25, 0.3) is 0 Å².